The third kappa shape index (κ3) is 4.29. The lowest BCUT2D eigenvalue weighted by Crippen LogP contribution is -2.19. The van der Waals surface area contributed by atoms with Gasteiger partial charge in [-0.15, -0.1) is 0 Å². The van der Waals surface area contributed by atoms with Gasteiger partial charge in [0.15, 0.2) is 5.69 Å². The van der Waals surface area contributed by atoms with Crippen LogP contribution >= 0.6 is 0 Å². The monoisotopic (exact) mass is 395 g/mol. The van der Waals surface area contributed by atoms with Crippen molar-refractivity contribution in [2.75, 3.05) is 33.0 Å². The van der Waals surface area contributed by atoms with E-state index in [1.165, 1.54) is 0 Å². The third-order valence-corrected chi connectivity index (χ3v) is 4.77. The highest BCUT2D eigenvalue weighted by molar-refractivity contribution is 5.99. The normalized spacial score (nSPS) is 16.0. The van der Waals surface area contributed by atoms with Gasteiger partial charge in [-0.3, -0.25) is 4.79 Å². The molecule has 29 heavy (non-hydrogen) atoms. The molecule has 0 bridgehead atoms. The van der Waals surface area contributed by atoms with Crippen LogP contribution in [0.1, 0.15) is 41.0 Å². The molecule has 8 heteroatoms. The fraction of sp³-hybridized carbons (Fsp3) is 0.333. The first-order chi connectivity index (χ1) is 14.0. The maximum absolute atomic E-state index is 12.0. The molecule has 1 aliphatic rings. The van der Waals surface area contributed by atoms with Gasteiger partial charge in [0.25, 0.3) is 5.91 Å². The first-order valence-electron chi connectivity index (χ1n) is 9.26. The number of allylic oxidation sites excluding steroid dienone is 1. The summed E-state index contributed by atoms with van der Waals surface area (Å²) in [4.78, 5) is 14.2. The number of carbonyl (C=O) groups is 1. The third-order valence-electron chi connectivity index (χ3n) is 4.77. The Morgan fingerprint density at radius 3 is 2.52 bits per heavy atom. The Morgan fingerprint density at radius 2 is 1.93 bits per heavy atom. The number of hydrogen-bond donors (Lipinski definition) is 2. The second-order valence-electron chi connectivity index (χ2n) is 6.69. The Bertz CT molecular complexity index is 977. The molecule has 0 spiro atoms. The molecule has 1 amide bonds. The van der Waals surface area contributed by atoms with E-state index in [0.29, 0.717) is 17.1 Å². The zero-order valence-corrected chi connectivity index (χ0v) is 16.8. The van der Waals surface area contributed by atoms with Crippen molar-refractivity contribution in [3.63, 3.8) is 0 Å². The Hall–Kier alpha value is -3.60. The van der Waals surface area contributed by atoms with Crippen molar-refractivity contribution >= 4 is 11.7 Å². The molecule has 1 atom stereocenters. The first-order valence-corrected chi connectivity index (χ1v) is 9.26. The maximum atomic E-state index is 12.0. The van der Waals surface area contributed by atoms with E-state index in [9.17, 15) is 4.79 Å². The zero-order valence-electron chi connectivity index (χ0n) is 16.8. The number of ether oxygens (including phenoxy) is 2. The van der Waals surface area contributed by atoms with E-state index in [2.05, 4.69) is 21.8 Å². The minimum atomic E-state index is -0.649. The number of likely N-dealkylation sites (tertiary alicyclic amines) is 1. The van der Waals surface area contributed by atoms with Crippen molar-refractivity contribution < 1.29 is 14.3 Å². The molecule has 1 aromatic carbocycles. The van der Waals surface area contributed by atoms with E-state index in [1.54, 1.807) is 37.1 Å². The Kier molecular flexibility index (Phi) is 5.98. The average molecular weight is 395 g/mol. The first kappa shape index (κ1) is 20.1. The number of benzene rings is 1. The molecule has 152 valence electrons. The van der Waals surface area contributed by atoms with Gasteiger partial charge in [0.1, 0.15) is 22.9 Å². The number of amides is 1. The van der Waals surface area contributed by atoms with Crippen LogP contribution in [0, 0.1) is 11.8 Å². The summed E-state index contributed by atoms with van der Waals surface area (Å²) in [6.07, 6.45) is 4.89. The Balaban J connectivity index is 1.97. The largest absolute Gasteiger partial charge is 0.497 e. The van der Waals surface area contributed by atoms with Crippen LogP contribution in [-0.4, -0.2) is 47.9 Å². The molecule has 2 aromatic rings. The molecule has 1 aliphatic heterocycles. The van der Waals surface area contributed by atoms with Crippen LogP contribution in [0.15, 0.2) is 30.5 Å². The lowest BCUT2D eigenvalue weighted by atomic mass is 10.1. The van der Waals surface area contributed by atoms with Gasteiger partial charge in [0.05, 0.1) is 20.3 Å². The van der Waals surface area contributed by atoms with Gasteiger partial charge in [-0.1, -0.05) is 12.0 Å². The SMILES string of the molecule is CC=CN1CC[C@H](n2nc(C#Cc3cc(OC)cc(OC)c3)c(C(N)=O)c2N)C1. The number of methoxy groups -OCH3 is 2. The number of anilines is 1. The Labute approximate surface area is 170 Å². The number of primary amides is 1. The molecule has 3 rings (SSSR count). The van der Waals surface area contributed by atoms with Crippen molar-refractivity contribution in [3.8, 4) is 23.3 Å². The quantitative estimate of drug-likeness (QED) is 0.747. The second-order valence-corrected chi connectivity index (χ2v) is 6.69. The van der Waals surface area contributed by atoms with E-state index in [1.807, 2.05) is 19.2 Å². The number of nitrogens with zero attached hydrogens (tertiary/aromatic N) is 3. The van der Waals surface area contributed by atoms with Crippen LogP contribution in [0.2, 0.25) is 0 Å². The van der Waals surface area contributed by atoms with Gasteiger partial charge in [-0.25, -0.2) is 4.68 Å². The molecule has 0 aliphatic carbocycles. The summed E-state index contributed by atoms with van der Waals surface area (Å²) in [7, 11) is 3.14. The van der Waals surface area contributed by atoms with Gasteiger partial charge in [-0.2, -0.15) is 5.10 Å². The van der Waals surface area contributed by atoms with Crippen LogP contribution in [0.3, 0.4) is 0 Å². The van der Waals surface area contributed by atoms with Gasteiger partial charge in [-0.05, 0) is 37.6 Å². The average Bonchev–Trinajstić information content (AvgIpc) is 3.30. The standard InChI is InChI=1S/C21H25N5O3/c1-4-8-25-9-7-15(13-25)26-20(22)19(21(23)27)18(24-26)6-5-14-10-16(28-2)12-17(11-14)29-3/h4,8,10-12,15H,7,9,13,22H2,1-3H3,(H2,23,27)/t15-/m0/s1. The summed E-state index contributed by atoms with van der Waals surface area (Å²) < 4.78 is 12.2. The summed E-state index contributed by atoms with van der Waals surface area (Å²) in [5.74, 6) is 6.76. The zero-order chi connectivity index (χ0) is 21.0. The summed E-state index contributed by atoms with van der Waals surface area (Å²) >= 11 is 0. The molecule has 0 saturated carbocycles. The highest BCUT2D eigenvalue weighted by Gasteiger charge is 2.28. The van der Waals surface area contributed by atoms with Gasteiger partial charge in [0, 0.05) is 24.7 Å². The molecular weight excluding hydrogens is 370 g/mol. The summed E-state index contributed by atoms with van der Waals surface area (Å²) in [6, 6.07) is 5.35. The van der Waals surface area contributed by atoms with Crippen molar-refractivity contribution in [1.82, 2.24) is 14.7 Å². The molecular formula is C21H25N5O3. The number of nitrogen functional groups attached to an aromatic ring is 1. The minimum Gasteiger partial charge on any atom is -0.497 e. The van der Waals surface area contributed by atoms with Crippen molar-refractivity contribution in [2.45, 2.75) is 19.4 Å². The fourth-order valence-corrected chi connectivity index (χ4v) is 3.38. The summed E-state index contributed by atoms with van der Waals surface area (Å²) in [5.41, 5.74) is 12.9. The van der Waals surface area contributed by atoms with Crippen LogP contribution in [-0.2, 0) is 0 Å². The van der Waals surface area contributed by atoms with Crippen molar-refractivity contribution in [1.29, 1.82) is 0 Å². The molecule has 4 N–H and O–H groups in total. The number of rotatable bonds is 5. The predicted octanol–water partition coefficient (Wildman–Crippen LogP) is 1.76. The smallest absolute Gasteiger partial charge is 0.255 e. The maximum Gasteiger partial charge on any atom is 0.255 e. The van der Waals surface area contributed by atoms with Crippen molar-refractivity contribution in [2.24, 2.45) is 5.73 Å². The molecule has 1 saturated heterocycles. The summed E-state index contributed by atoms with van der Waals surface area (Å²) in [5, 5.41) is 4.51. The van der Waals surface area contributed by atoms with Crippen LogP contribution in [0.4, 0.5) is 5.82 Å². The molecule has 0 unspecified atom stereocenters. The van der Waals surface area contributed by atoms with Gasteiger partial charge >= 0.3 is 0 Å². The van der Waals surface area contributed by atoms with Crippen LogP contribution < -0.4 is 20.9 Å². The number of aromatic nitrogens is 2. The van der Waals surface area contributed by atoms with Crippen LogP contribution in [0.25, 0.3) is 0 Å². The number of carbonyl (C=O) groups excluding carboxylic acids is 1. The van der Waals surface area contributed by atoms with Gasteiger partial charge in [0.2, 0.25) is 0 Å². The molecule has 0 radical (unpaired) electrons. The van der Waals surface area contributed by atoms with E-state index >= 15 is 0 Å². The lowest BCUT2D eigenvalue weighted by molar-refractivity contribution is 0.100. The topological polar surface area (TPSA) is 109 Å². The molecule has 2 heterocycles. The predicted molar refractivity (Wildman–Crippen MR) is 111 cm³/mol. The van der Waals surface area contributed by atoms with Crippen LogP contribution in [0.5, 0.6) is 11.5 Å². The molecule has 1 fully saturated rings. The van der Waals surface area contributed by atoms with Gasteiger partial charge < -0.3 is 25.8 Å². The minimum absolute atomic E-state index is 0.0526. The second kappa shape index (κ2) is 8.61. The molecule has 1 aromatic heterocycles. The van der Waals surface area contributed by atoms with E-state index in [4.69, 9.17) is 20.9 Å². The Morgan fingerprint density at radius 1 is 1.24 bits per heavy atom. The number of hydrogen-bond acceptors (Lipinski definition) is 6. The molecule has 8 nitrogen and oxygen atoms in total. The van der Waals surface area contributed by atoms with Crippen molar-refractivity contribution in [3.05, 3.63) is 47.3 Å². The van der Waals surface area contributed by atoms with E-state index < -0.39 is 5.91 Å². The highest BCUT2D eigenvalue weighted by Crippen LogP contribution is 2.27. The summed E-state index contributed by atoms with van der Waals surface area (Å²) in [6.45, 7) is 3.63. The van der Waals surface area contributed by atoms with E-state index in [-0.39, 0.29) is 23.1 Å². The number of nitrogens with two attached hydrogens (primary N) is 2. The lowest BCUT2D eigenvalue weighted by Gasteiger charge is -2.14. The fourth-order valence-electron chi connectivity index (χ4n) is 3.38. The highest BCUT2D eigenvalue weighted by atomic mass is 16.5. The van der Waals surface area contributed by atoms with E-state index in [0.717, 1.165) is 19.5 Å².